The quantitative estimate of drug-likeness (QED) is 0.405. The monoisotopic (exact) mass is 481 g/mol. The molecule has 0 radical (unpaired) electrons. The third-order valence-electron chi connectivity index (χ3n) is 6.72. The van der Waals surface area contributed by atoms with Crippen LogP contribution in [0.1, 0.15) is 48.8 Å². The van der Waals surface area contributed by atoms with Crippen molar-refractivity contribution >= 4 is 12.4 Å². The van der Waals surface area contributed by atoms with Crippen LogP contribution in [0, 0.1) is 0 Å². The predicted octanol–water partition coefficient (Wildman–Crippen LogP) is 6.02. The van der Waals surface area contributed by atoms with Crippen LogP contribution in [-0.4, -0.2) is 43.4 Å². The molecule has 0 amide bonds. The van der Waals surface area contributed by atoms with Crippen molar-refractivity contribution in [2.45, 2.75) is 37.7 Å². The van der Waals surface area contributed by atoms with E-state index in [0.717, 1.165) is 42.1 Å². The highest BCUT2D eigenvalue weighted by atomic mass is 35.5. The molecule has 1 fully saturated rings. The van der Waals surface area contributed by atoms with E-state index in [1.807, 2.05) is 61.5 Å². The molecule has 2 atom stereocenters. The van der Waals surface area contributed by atoms with Gasteiger partial charge in [0.25, 0.3) is 0 Å². The van der Waals surface area contributed by atoms with Gasteiger partial charge >= 0.3 is 0 Å². The van der Waals surface area contributed by atoms with Crippen LogP contribution in [0.3, 0.4) is 0 Å². The molecule has 0 aromatic heterocycles. The van der Waals surface area contributed by atoms with E-state index in [2.05, 4.69) is 29.2 Å². The predicted molar refractivity (Wildman–Crippen MR) is 140 cm³/mol. The average molecular weight is 482 g/mol. The smallest absolute Gasteiger partial charge is 0.126 e. The maximum Gasteiger partial charge on any atom is 0.126 e. The third kappa shape index (κ3) is 5.57. The molecule has 1 aliphatic heterocycles. The van der Waals surface area contributed by atoms with Crippen LogP contribution in [0.25, 0.3) is 0 Å². The second kappa shape index (κ2) is 12.3. The number of likely N-dealkylation sites (tertiary alicyclic amines) is 1. The largest absolute Gasteiger partial charge is 0.496 e. The second-order valence-electron chi connectivity index (χ2n) is 8.75. The fraction of sp³-hybridized carbons (Fsp3) is 0.379. The van der Waals surface area contributed by atoms with Crippen molar-refractivity contribution in [3.05, 3.63) is 95.6 Å². The number of benzene rings is 3. The minimum Gasteiger partial charge on any atom is -0.496 e. The highest BCUT2D eigenvalue weighted by Gasteiger charge is 2.44. The summed E-state index contributed by atoms with van der Waals surface area (Å²) < 4.78 is 11.4. The first-order valence-electron chi connectivity index (χ1n) is 12.0. The number of ether oxygens (including phenoxy) is 2. The van der Waals surface area contributed by atoms with Crippen molar-refractivity contribution in [2.75, 3.05) is 33.4 Å². The summed E-state index contributed by atoms with van der Waals surface area (Å²) in [7, 11) is 1.67. The maximum absolute atomic E-state index is 12.8. The summed E-state index contributed by atoms with van der Waals surface area (Å²) in [5, 5.41) is 12.8. The molecule has 3 aromatic carbocycles. The van der Waals surface area contributed by atoms with Gasteiger partial charge in [-0.05, 0) is 62.2 Å². The van der Waals surface area contributed by atoms with Crippen molar-refractivity contribution < 1.29 is 14.6 Å². The zero-order valence-electron chi connectivity index (χ0n) is 20.2. The number of aliphatic hydroxyl groups is 1. The number of para-hydroxylation sites is 1. The Morgan fingerprint density at radius 3 is 2.18 bits per heavy atom. The Balaban J connectivity index is 0.00000324. The highest BCUT2D eigenvalue weighted by Crippen LogP contribution is 2.46. The molecule has 1 N–H and O–H groups in total. The summed E-state index contributed by atoms with van der Waals surface area (Å²) in [6.07, 6.45) is 3.69. The van der Waals surface area contributed by atoms with Gasteiger partial charge < -0.3 is 19.5 Å². The Hall–Kier alpha value is -2.53. The Morgan fingerprint density at radius 1 is 0.882 bits per heavy atom. The molecule has 1 heterocycles. The lowest BCUT2D eigenvalue weighted by Gasteiger charge is -2.41. The molecule has 0 saturated carbocycles. The van der Waals surface area contributed by atoms with Crippen LogP contribution in [0.5, 0.6) is 11.5 Å². The van der Waals surface area contributed by atoms with E-state index in [1.165, 1.54) is 19.3 Å². The third-order valence-corrected chi connectivity index (χ3v) is 6.72. The van der Waals surface area contributed by atoms with Gasteiger partial charge in [-0.1, -0.05) is 67.1 Å². The molecule has 0 spiro atoms. The lowest BCUT2D eigenvalue weighted by molar-refractivity contribution is 0.0290. The van der Waals surface area contributed by atoms with Crippen LogP contribution in [0.4, 0.5) is 0 Å². The van der Waals surface area contributed by atoms with Crippen molar-refractivity contribution in [1.82, 2.24) is 4.90 Å². The fourth-order valence-electron chi connectivity index (χ4n) is 5.04. The average Bonchev–Trinajstić information content (AvgIpc) is 2.88. The van der Waals surface area contributed by atoms with Gasteiger partial charge in [0, 0.05) is 18.0 Å². The van der Waals surface area contributed by atoms with Crippen molar-refractivity contribution in [3.8, 4) is 11.5 Å². The van der Waals surface area contributed by atoms with E-state index < -0.39 is 5.60 Å². The zero-order valence-corrected chi connectivity index (χ0v) is 21.0. The van der Waals surface area contributed by atoms with Gasteiger partial charge in [0.15, 0.2) is 0 Å². The van der Waals surface area contributed by atoms with Gasteiger partial charge in [0.05, 0.1) is 13.7 Å². The van der Waals surface area contributed by atoms with E-state index in [-0.39, 0.29) is 18.3 Å². The van der Waals surface area contributed by atoms with Crippen LogP contribution in [0.15, 0.2) is 78.9 Å². The van der Waals surface area contributed by atoms with Gasteiger partial charge in [0.1, 0.15) is 17.1 Å². The summed E-state index contributed by atoms with van der Waals surface area (Å²) in [4.78, 5) is 2.50. The van der Waals surface area contributed by atoms with Crippen LogP contribution < -0.4 is 9.47 Å². The molecule has 34 heavy (non-hydrogen) atoms. The lowest BCUT2D eigenvalue weighted by Crippen LogP contribution is -2.43. The van der Waals surface area contributed by atoms with Gasteiger partial charge in [0.2, 0.25) is 0 Å². The summed E-state index contributed by atoms with van der Waals surface area (Å²) in [5.74, 6) is 1.32. The molecule has 4 rings (SSSR count). The summed E-state index contributed by atoms with van der Waals surface area (Å²) in [5.41, 5.74) is 1.45. The number of rotatable bonds is 9. The van der Waals surface area contributed by atoms with Gasteiger partial charge in [-0.15, -0.1) is 12.4 Å². The Kier molecular flexibility index (Phi) is 9.40. The molecular formula is C29H36ClNO3. The first-order valence-corrected chi connectivity index (χ1v) is 12.0. The van der Waals surface area contributed by atoms with E-state index in [9.17, 15) is 5.11 Å². The van der Waals surface area contributed by atoms with E-state index in [1.54, 1.807) is 7.11 Å². The molecule has 5 heteroatoms. The number of hydrogen-bond donors (Lipinski definition) is 1. The standard InChI is InChI=1S/C29H35NO3.ClH/c1-3-33-25-18-16-24(17-19-25)29(31,26-14-8-9-15-28(26)32-2)27(23-12-6-4-7-13-23)22-30-20-10-5-11-21-30;/h4,6-9,12-19,27,31H,3,5,10-11,20-22H2,1-2H3;1H. The van der Waals surface area contributed by atoms with Gasteiger partial charge in [-0.3, -0.25) is 0 Å². The molecule has 4 nitrogen and oxygen atoms in total. The fourth-order valence-corrected chi connectivity index (χ4v) is 5.04. The molecule has 182 valence electrons. The first kappa shape index (κ1) is 26.1. The molecule has 1 saturated heterocycles. The normalized spacial score (nSPS) is 16.7. The van der Waals surface area contributed by atoms with Crippen molar-refractivity contribution in [1.29, 1.82) is 0 Å². The van der Waals surface area contributed by atoms with Crippen LogP contribution >= 0.6 is 12.4 Å². The lowest BCUT2D eigenvalue weighted by atomic mass is 9.72. The summed E-state index contributed by atoms with van der Waals surface area (Å²) in [6, 6.07) is 26.1. The van der Waals surface area contributed by atoms with E-state index >= 15 is 0 Å². The van der Waals surface area contributed by atoms with E-state index in [0.29, 0.717) is 12.4 Å². The minimum atomic E-state index is -1.28. The summed E-state index contributed by atoms with van der Waals surface area (Å²) in [6.45, 7) is 5.48. The maximum atomic E-state index is 12.8. The van der Waals surface area contributed by atoms with Crippen LogP contribution in [-0.2, 0) is 5.60 Å². The van der Waals surface area contributed by atoms with Gasteiger partial charge in [-0.2, -0.15) is 0 Å². The Labute approximate surface area is 209 Å². The molecule has 1 aliphatic rings. The second-order valence-corrected chi connectivity index (χ2v) is 8.75. The SMILES string of the molecule is CCOc1ccc(C(O)(c2ccccc2OC)C(CN2CCCCC2)c2ccccc2)cc1.Cl. The zero-order chi connectivity index (χ0) is 23.1. The highest BCUT2D eigenvalue weighted by molar-refractivity contribution is 5.85. The number of hydrogen-bond acceptors (Lipinski definition) is 4. The summed E-state index contributed by atoms with van der Waals surface area (Å²) >= 11 is 0. The Morgan fingerprint density at radius 2 is 1.53 bits per heavy atom. The molecule has 0 bridgehead atoms. The number of methoxy groups -OCH3 is 1. The van der Waals surface area contributed by atoms with Gasteiger partial charge in [-0.25, -0.2) is 0 Å². The van der Waals surface area contributed by atoms with Crippen LogP contribution in [0.2, 0.25) is 0 Å². The molecule has 3 aromatic rings. The molecule has 0 aliphatic carbocycles. The Bertz CT molecular complexity index is 1010. The minimum absolute atomic E-state index is 0. The number of piperidine rings is 1. The van der Waals surface area contributed by atoms with Crippen molar-refractivity contribution in [3.63, 3.8) is 0 Å². The topological polar surface area (TPSA) is 41.9 Å². The number of nitrogens with zero attached hydrogens (tertiary/aromatic N) is 1. The molecule has 2 unspecified atom stereocenters. The number of halogens is 1. The first-order chi connectivity index (χ1) is 16.2. The van der Waals surface area contributed by atoms with Crippen molar-refractivity contribution in [2.24, 2.45) is 0 Å². The van der Waals surface area contributed by atoms with E-state index in [4.69, 9.17) is 9.47 Å². The molecular weight excluding hydrogens is 446 g/mol.